The molecule has 0 aliphatic heterocycles. The molecule has 1 aromatic heterocycles. The van der Waals surface area contributed by atoms with Gasteiger partial charge in [-0.1, -0.05) is 39.0 Å². The van der Waals surface area contributed by atoms with Crippen LogP contribution in [0.3, 0.4) is 0 Å². The Morgan fingerprint density at radius 1 is 1.02 bits per heavy atom. The number of carboxylic acids is 1. The van der Waals surface area contributed by atoms with Crippen molar-refractivity contribution in [3.05, 3.63) is 15.8 Å². The average Bonchev–Trinajstić information content (AvgIpc) is 3.38. The van der Waals surface area contributed by atoms with E-state index in [1.54, 1.807) is 31.7 Å². The fraction of sp³-hybridized carbons (Fsp3) is 0.722. The summed E-state index contributed by atoms with van der Waals surface area (Å²) in [7, 11) is 0. The van der Waals surface area contributed by atoms with Gasteiger partial charge in [0, 0.05) is 17.4 Å². The van der Waals surface area contributed by atoms with E-state index in [1.165, 1.54) is 0 Å². The molecular formula is C36H54N2O7S. The van der Waals surface area contributed by atoms with Crippen molar-refractivity contribution in [1.29, 1.82) is 0 Å². The standard InChI is InChI=1S/C36H54N2O7S/c1-10-23(3)29(37-34(43)45-36(7,8)9)33(42)44-26-17-15-25(16-18-26)38(31(39)24-13-11-22(2)12-14-24)28-21-27(19-20-35(4,5)6)46-30(28)32(40)41/h21-26,29H,10-18H2,1-9H3,(H,37,43)(H,40,41)/t22?,23-,24?,25?,26?,29-/m0/s1. The highest BCUT2D eigenvalue weighted by molar-refractivity contribution is 7.15. The third-order valence-corrected chi connectivity index (χ3v) is 9.79. The number of hydrogen-bond acceptors (Lipinski definition) is 7. The van der Waals surface area contributed by atoms with Crippen LogP contribution in [0.4, 0.5) is 10.5 Å². The van der Waals surface area contributed by atoms with Gasteiger partial charge in [-0.3, -0.25) is 4.79 Å². The predicted molar refractivity (Wildman–Crippen MR) is 181 cm³/mol. The number of carbonyl (C=O) groups is 4. The third kappa shape index (κ3) is 10.8. The zero-order valence-electron chi connectivity index (χ0n) is 29.2. The molecule has 0 radical (unpaired) electrons. The van der Waals surface area contributed by atoms with Crippen LogP contribution in [0.15, 0.2) is 6.07 Å². The second kappa shape index (κ2) is 15.7. The van der Waals surface area contributed by atoms with Gasteiger partial charge in [0.1, 0.15) is 22.6 Å². The van der Waals surface area contributed by atoms with Crippen LogP contribution in [0.1, 0.15) is 135 Å². The summed E-state index contributed by atoms with van der Waals surface area (Å²) in [6.45, 7) is 17.3. The maximum absolute atomic E-state index is 14.2. The molecule has 0 saturated heterocycles. The van der Waals surface area contributed by atoms with E-state index < -0.39 is 29.7 Å². The minimum atomic E-state index is -1.07. The summed E-state index contributed by atoms with van der Waals surface area (Å²) in [6, 6.07) is 0.686. The van der Waals surface area contributed by atoms with Crippen molar-refractivity contribution in [2.24, 2.45) is 23.2 Å². The SMILES string of the molecule is CC[C@H](C)[C@H](NC(=O)OC(C)(C)C)C(=O)OC1CCC(N(C(=O)C2CCC(C)CC2)c2cc(C#CC(C)(C)C)sc2C(=O)O)CC1. The van der Waals surface area contributed by atoms with Gasteiger partial charge in [0.25, 0.3) is 0 Å². The average molecular weight is 659 g/mol. The van der Waals surface area contributed by atoms with Crippen molar-refractivity contribution in [3.63, 3.8) is 0 Å². The number of rotatable bonds is 9. The second-order valence-corrected chi connectivity index (χ2v) is 16.2. The Balaban J connectivity index is 1.82. The topological polar surface area (TPSA) is 122 Å². The smallest absolute Gasteiger partial charge is 0.408 e. The van der Waals surface area contributed by atoms with Crippen LogP contribution in [-0.4, -0.2) is 52.8 Å². The first-order valence-corrected chi connectivity index (χ1v) is 17.6. The van der Waals surface area contributed by atoms with Gasteiger partial charge in [-0.2, -0.15) is 0 Å². The van der Waals surface area contributed by atoms with Crippen LogP contribution in [-0.2, 0) is 19.1 Å². The van der Waals surface area contributed by atoms with E-state index in [1.807, 2.05) is 34.6 Å². The third-order valence-electron chi connectivity index (χ3n) is 8.76. The molecule has 2 fully saturated rings. The highest BCUT2D eigenvalue weighted by Crippen LogP contribution is 2.39. The van der Waals surface area contributed by atoms with Gasteiger partial charge >= 0.3 is 18.0 Å². The number of thiophene rings is 1. The molecule has 2 aliphatic rings. The van der Waals surface area contributed by atoms with Gasteiger partial charge in [0.15, 0.2) is 0 Å². The lowest BCUT2D eigenvalue weighted by Gasteiger charge is -2.39. The molecule has 3 rings (SSSR count). The molecule has 2 aliphatic carbocycles. The molecule has 10 heteroatoms. The number of aromatic carboxylic acids is 1. The Kier molecular flexibility index (Phi) is 12.8. The Hall–Kier alpha value is -3.06. The van der Waals surface area contributed by atoms with Gasteiger partial charge < -0.3 is 24.8 Å². The number of carbonyl (C=O) groups excluding carboxylic acids is 3. The molecule has 1 heterocycles. The van der Waals surface area contributed by atoms with Gasteiger partial charge in [-0.15, -0.1) is 11.3 Å². The maximum Gasteiger partial charge on any atom is 0.408 e. The number of nitrogens with zero attached hydrogens (tertiary/aromatic N) is 1. The first-order valence-electron chi connectivity index (χ1n) is 16.8. The van der Waals surface area contributed by atoms with Crippen LogP contribution in [0.5, 0.6) is 0 Å². The molecule has 0 bridgehead atoms. The summed E-state index contributed by atoms with van der Waals surface area (Å²) in [5, 5.41) is 12.9. The van der Waals surface area contributed by atoms with Crippen molar-refractivity contribution in [1.82, 2.24) is 5.32 Å². The zero-order chi connectivity index (χ0) is 34.4. The molecule has 0 aromatic carbocycles. The first kappa shape index (κ1) is 37.4. The van der Waals surface area contributed by atoms with Crippen molar-refractivity contribution < 1.29 is 33.8 Å². The molecule has 46 heavy (non-hydrogen) atoms. The number of anilines is 1. The Labute approximate surface area is 279 Å². The molecule has 2 N–H and O–H groups in total. The Morgan fingerprint density at radius 3 is 2.15 bits per heavy atom. The fourth-order valence-electron chi connectivity index (χ4n) is 5.99. The molecule has 256 valence electrons. The summed E-state index contributed by atoms with van der Waals surface area (Å²) in [5.41, 5.74) is -0.541. The second-order valence-electron chi connectivity index (χ2n) is 15.2. The summed E-state index contributed by atoms with van der Waals surface area (Å²) in [5.74, 6) is 4.97. The number of hydrogen-bond donors (Lipinski definition) is 2. The monoisotopic (exact) mass is 658 g/mol. The number of carboxylic acid groups (broad SMARTS) is 1. The van der Waals surface area contributed by atoms with Gasteiger partial charge in [0.2, 0.25) is 5.91 Å². The van der Waals surface area contributed by atoms with E-state index in [0.29, 0.717) is 48.6 Å². The highest BCUT2D eigenvalue weighted by Gasteiger charge is 2.39. The molecule has 1 aromatic rings. The van der Waals surface area contributed by atoms with Crippen LogP contribution < -0.4 is 10.2 Å². The largest absolute Gasteiger partial charge is 0.477 e. The lowest BCUT2D eigenvalue weighted by atomic mass is 9.81. The fourth-order valence-corrected chi connectivity index (χ4v) is 6.83. The van der Waals surface area contributed by atoms with Crippen molar-refractivity contribution in [2.45, 2.75) is 144 Å². The number of alkyl carbamates (subject to hydrolysis) is 1. The lowest BCUT2D eigenvalue weighted by Crippen LogP contribution is -2.50. The van der Waals surface area contributed by atoms with Crippen molar-refractivity contribution in [3.8, 4) is 11.8 Å². The molecule has 2 amide bonds. The number of nitrogens with one attached hydrogen (secondary N) is 1. The van der Waals surface area contributed by atoms with Gasteiger partial charge in [-0.25, -0.2) is 14.4 Å². The number of ether oxygens (including phenoxy) is 2. The van der Waals surface area contributed by atoms with Gasteiger partial charge in [-0.05, 0) is 111 Å². The molecule has 0 spiro atoms. The van der Waals surface area contributed by atoms with Gasteiger partial charge in [0.05, 0.1) is 10.6 Å². The normalized spacial score (nSPS) is 23.2. The van der Waals surface area contributed by atoms with Crippen LogP contribution in [0.2, 0.25) is 0 Å². The lowest BCUT2D eigenvalue weighted by molar-refractivity contribution is -0.154. The Morgan fingerprint density at radius 2 is 1.63 bits per heavy atom. The summed E-state index contributed by atoms with van der Waals surface area (Å²) < 4.78 is 11.3. The van der Waals surface area contributed by atoms with E-state index in [4.69, 9.17) is 9.47 Å². The highest BCUT2D eigenvalue weighted by atomic mass is 32.1. The van der Waals surface area contributed by atoms with E-state index in [-0.39, 0.29) is 40.2 Å². The molecular weight excluding hydrogens is 604 g/mol. The molecule has 2 saturated carbocycles. The number of esters is 1. The maximum atomic E-state index is 14.2. The van der Waals surface area contributed by atoms with E-state index in [0.717, 1.165) is 37.0 Å². The summed E-state index contributed by atoms with van der Waals surface area (Å²) >= 11 is 1.11. The minimum Gasteiger partial charge on any atom is -0.477 e. The van der Waals surface area contributed by atoms with E-state index in [2.05, 4.69) is 24.1 Å². The Bertz CT molecular complexity index is 1300. The van der Waals surface area contributed by atoms with Crippen molar-refractivity contribution >= 4 is 41.0 Å². The van der Waals surface area contributed by atoms with Crippen molar-refractivity contribution in [2.75, 3.05) is 4.90 Å². The summed E-state index contributed by atoms with van der Waals surface area (Å²) in [4.78, 5) is 55.0. The minimum absolute atomic E-state index is 0.0265. The van der Waals surface area contributed by atoms with E-state index >= 15 is 0 Å². The van der Waals surface area contributed by atoms with Crippen LogP contribution >= 0.6 is 11.3 Å². The summed E-state index contributed by atoms with van der Waals surface area (Å²) in [6.07, 6.45) is 5.28. The molecule has 2 atom stereocenters. The first-order chi connectivity index (χ1) is 21.4. The predicted octanol–water partition coefficient (Wildman–Crippen LogP) is 7.80. The van der Waals surface area contributed by atoms with E-state index in [9.17, 15) is 24.3 Å². The zero-order valence-corrected chi connectivity index (χ0v) is 30.0. The molecule has 9 nitrogen and oxygen atoms in total. The van der Waals surface area contributed by atoms with Crippen LogP contribution in [0, 0.1) is 35.0 Å². The quantitative estimate of drug-likeness (QED) is 0.205. The number of amides is 2. The molecule has 0 unspecified atom stereocenters. The van der Waals surface area contributed by atoms with Crippen LogP contribution in [0.25, 0.3) is 0 Å².